The van der Waals surface area contributed by atoms with Crippen LogP contribution >= 0.6 is 0 Å². The highest BCUT2D eigenvalue weighted by Gasteiger charge is 2.91. The zero-order chi connectivity index (χ0) is 18.7. The number of Topliss-reactive ketones (excluding diaryl/α,β-unsaturated/α-hetero) is 1. The maximum atomic E-state index is 13.2. The molecule has 0 bridgehead atoms. The molecule has 0 radical (unpaired) electrons. The Kier molecular flexibility index (Phi) is 3.85. The first-order chi connectivity index (χ1) is 12.4. The number of allylic oxidation sites excluding steroid dienone is 1. The third-order valence-electron chi connectivity index (χ3n) is 6.51. The molecule has 2 saturated carbocycles. The zero-order valence-corrected chi connectivity index (χ0v) is 15.7. The lowest BCUT2D eigenvalue weighted by Gasteiger charge is -2.16. The average molecular weight is 358 g/mol. The molecule has 1 saturated heterocycles. The molecule has 1 aromatic heterocycles. The molecule has 5 heteroatoms. The number of aliphatic hydroxyl groups excluding tert-OH is 1. The highest BCUT2D eigenvalue weighted by Crippen LogP contribution is 2.79. The fraction of sp³-hybridized carbons (Fsp3) is 0.571. The normalized spacial score (nSPS) is 42.0. The number of epoxide rings is 1. The summed E-state index contributed by atoms with van der Waals surface area (Å²) in [4.78, 5) is 13.2. The SMILES string of the molecule is CO[C@]12C(=O)/C(=C/c3ccco3)C[C@@]1(CO)C2[C@@]1(C)O[C@@H]1CC=C(C)C. The number of furan rings is 1. The van der Waals surface area contributed by atoms with Crippen molar-refractivity contribution in [3.05, 3.63) is 41.4 Å². The molecule has 1 aromatic rings. The van der Waals surface area contributed by atoms with Gasteiger partial charge < -0.3 is 19.0 Å². The fourth-order valence-electron chi connectivity index (χ4n) is 5.26. The summed E-state index contributed by atoms with van der Waals surface area (Å²) in [6.45, 7) is 6.07. The summed E-state index contributed by atoms with van der Waals surface area (Å²) in [5.41, 5.74) is -0.133. The third-order valence-corrected chi connectivity index (χ3v) is 6.51. The minimum Gasteiger partial charge on any atom is -0.465 e. The Bertz CT molecular complexity index is 787. The highest BCUT2D eigenvalue weighted by atomic mass is 16.6. The number of ether oxygens (including phenoxy) is 2. The van der Waals surface area contributed by atoms with E-state index in [0.717, 1.165) is 6.42 Å². The van der Waals surface area contributed by atoms with Crippen LogP contribution in [-0.2, 0) is 14.3 Å². The number of carbonyl (C=O) groups is 1. The summed E-state index contributed by atoms with van der Waals surface area (Å²) >= 11 is 0. The van der Waals surface area contributed by atoms with Gasteiger partial charge in [-0.2, -0.15) is 0 Å². The van der Waals surface area contributed by atoms with Gasteiger partial charge in [-0.25, -0.2) is 0 Å². The van der Waals surface area contributed by atoms with Crippen LogP contribution in [0.15, 0.2) is 40.0 Å². The molecule has 5 nitrogen and oxygen atoms in total. The molecule has 1 unspecified atom stereocenters. The quantitative estimate of drug-likeness (QED) is 0.480. The van der Waals surface area contributed by atoms with Crippen LogP contribution in [0, 0.1) is 11.3 Å². The van der Waals surface area contributed by atoms with Crippen molar-refractivity contribution >= 4 is 11.9 Å². The monoisotopic (exact) mass is 358 g/mol. The Morgan fingerprint density at radius 1 is 1.46 bits per heavy atom. The van der Waals surface area contributed by atoms with Gasteiger partial charge in [0.05, 0.1) is 24.6 Å². The van der Waals surface area contributed by atoms with Gasteiger partial charge in [-0.15, -0.1) is 0 Å². The Labute approximate surface area is 153 Å². The van der Waals surface area contributed by atoms with Gasteiger partial charge in [0.1, 0.15) is 11.4 Å². The van der Waals surface area contributed by atoms with Gasteiger partial charge in [0.25, 0.3) is 0 Å². The first-order valence-corrected chi connectivity index (χ1v) is 9.12. The van der Waals surface area contributed by atoms with Gasteiger partial charge >= 0.3 is 0 Å². The van der Waals surface area contributed by atoms with E-state index >= 15 is 0 Å². The summed E-state index contributed by atoms with van der Waals surface area (Å²) < 4.78 is 17.2. The van der Waals surface area contributed by atoms with Crippen LogP contribution in [0.3, 0.4) is 0 Å². The molecule has 5 atom stereocenters. The molecular weight excluding hydrogens is 332 g/mol. The summed E-state index contributed by atoms with van der Waals surface area (Å²) in [5, 5.41) is 10.2. The van der Waals surface area contributed by atoms with Gasteiger partial charge in [-0.05, 0) is 51.8 Å². The Morgan fingerprint density at radius 2 is 2.23 bits per heavy atom. The number of methoxy groups -OCH3 is 1. The largest absolute Gasteiger partial charge is 0.465 e. The summed E-state index contributed by atoms with van der Waals surface area (Å²) in [7, 11) is 1.56. The predicted octanol–water partition coefficient (Wildman–Crippen LogP) is 3.14. The van der Waals surface area contributed by atoms with Gasteiger partial charge in [0.2, 0.25) is 0 Å². The zero-order valence-electron chi connectivity index (χ0n) is 15.7. The van der Waals surface area contributed by atoms with Crippen LogP contribution in [0.4, 0.5) is 0 Å². The average Bonchev–Trinajstić information content (AvgIpc) is 3.28. The van der Waals surface area contributed by atoms with Crippen LogP contribution in [-0.4, -0.2) is 41.9 Å². The number of aliphatic hydroxyl groups is 1. The van der Waals surface area contributed by atoms with E-state index in [0.29, 0.717) is 17.8 Å². The van der Waals surface area contributed by atoms with E-state index in [9.17, 15) is 9.90 Å². The van der Waals surface area contributed by atoms with E-state index in [4.69, 9.17) is 13.9 Å². The lowest BCUT2D eigenvalue weighted by atomic mass is 9.87. The van der Waals surface area contributed by atoms with Gasteiger partial charge in [0, 0.05) is 24.0 Å². The molecular formula is C21H26O5. The second kappa shape index (κ2) is 5.65. The van der Waals surface area contributed by atoms with Crippen molar-refractivity contribution in [3.63, 3.8) is 0 Å². The number of ketones is 1. The molecule has 3 fully saturated rings. The summed E-state index contributed by atoms with van der Waals surface area (Å²) in [5.74, 6) is 0.461. The van der Waals surface area contributed by atoms with E-state index in [1.807, 2.05) is 13.0 Å². The first kappa shape index (κ1) is 17.7. The number of rotatable bonds is 6. The van der Waals surface area contributed by atoms with E-state index in [-0.39, 0.29) is 24.4 Å². The maximum absolute atomic E-state index is 13.2. The van der Waals surface area contributed by atoms with Gasteiger partial charge in [-0.1, -0.05) is 11.6 Å². The predicted molar refractivity (Wildman–Crippen MR) is 96.4 cm³/mol. The Morgan fingerprint density at radius 3 is 2.77 bits per heavy atom. The molecule has 0 spiro atoms. The summed E-state index contributed by atoms with van der Waals surface area (Å²) in [6, 6.07) is 3.60. The lowest BCUT2D eigenvalue weighted by molar-refractivity contribution is -0.129. The van der Waals surface area contributed by atoms with Crippen LogP contribution < -0.4 is 0 Å². The standard InChI is InChI=1S/C21H26O5/c1-13(2)7-8-16-19(3,26-16)18-20(12-22)11-14(10-15-6-5-9-25-15)17(23)21(18,20)24-4/h5-7,9-10,16,18,22H,8,11-12H2,1-4H3/b14-10+/t16-,18?,19+,20-,21+/m1/s1. The van der Waals surface area contributed by atoms with Gasteiger partial charge in [0.15, 0.2) is 5.78 Å². The van der Waals surface area contributed by atoms with Crippen molar-refractivity contribution in [1.29, 1.82) is 0 Å². The Balaban J connectivity index is 1.63. The number of fused-ring (bicyclic) bond motifs is 1. The maximum Gasteiger partial charge on any atom is 0.191 e. The molecule has 2 heterocycles. The fourth-order valence-corrected chi connectivity index (χ4v) is 5.26. The minimum atomic E-state index is -0.991. The molecule has 2 aliphatic carbocycles. The third kappa shape index (κ3) is 2.11. The van der Waals surface area contributed by atoms with Crippen molar-refractivity contribution in [2.75, 3.05) is 13.7 Å². The van der Waals surface area contributed by atoms with Crippen molar-refractivity contribution in [3.8, 4) is 0 Å². The van der Waals surface area contributed by atoms with Crippen LogP contribution in [0.1, 0.15) is 39.4 Å². The van der Waals surface area contributed by atoms with Crippen LogP contribution in [0.5, 0.6) is 0 Å². The van der Waals surface area contributed by atoms with Crippen LogP contribution in [0.2, 0.25) is 0 Å². The van der Waals surface area contributed by atoms with Crippen molar-refractivity contribution in [2.45, 2.75) is 50.9 Å². The second-order valence-corrected chi connectivity index (χ2v) is 8.19. The molecule has 0 amide bonds. The Hall–Kier alpha value is -1.69. The van der Waals surface area contributed by atoms with E-state index < -0.39 is 16.6 Å². The second-order valence-electron chi connectivity index (χ2n) is 8.19. The highest BCUT2D eigenvalue weighted by molar-refractivity contribution is 6.12. The molecule has 0 aromatic carbocycles. The van der Waals surface area contributed by atoms with Gasteiger partial charge in [-0.3, -0.25) is 4.79 Å². The minimum absolute atomic E-state index is 0.0480. The van der Waals surface area contributed by atoms with Crippen molar-refractivity contribution in [1.82, 2.24) is 0 Å². The smallest absolute Gasteiger partial charge is 0.191 e. The number of hydrogen-bond donors (Lipinski definition) is 1. The van der Waals surface area contributed by atoms with E-state index in [1.165, 1.54) is 5.57 Å². The molecule has 140 valence electrons. The van der Waals surface area contributed by atoms with Crippen LogP contribution in [0.25, 0.3) is 6.08 Å². The topological polar surface area (TPSA) is 72.2 Å². The number of carbonyl (C=O) groups excluding carboxylic acids is 1. The lowest BCUT2D eigenvalue weighted by Crippen LogP contribution is -2.32. The van der Waals surface area contributed by atoms with E-state index in [1.54, 1.807) is 25.5 Å². The molecule has 1 aliphatic heterocycles. The number of hydrogen-bond acceptors (Lipinski definition) is 5. The molecule has 26 heavy (non-hydrogen) atoms. The van der Waals surface area contributed by atoms with E-state index in [2.05, 4.69) is 19.9 Å². The molecule has 3 aliphatic rings. The van der Waals surface area contributed by atoms with Crippen molar-refractivity contribution < 1.29 is 23.8 Å². The molecule has 1 N–H and O–H groups in total. The van der Waals surface area contributed by atoms with Crippen molar-refractivity contribution in [2.24, 2.45) is 11.3 Å². The summed E-state index contributed by atoms with van der Waals surface area (Å²) in [6.07, 6.45) is 6.86. The first-order valence-electron chi connectivity index (χ1n) is 9.12. The molecule has 4 rings (SSSR count).